The SMILES string of the molecule is FCC(OC(F)(F)F)C(F)(F)F. The summed E-state index contributed by atoms with van der Waals surface area (Å²) in [5.74, 6) is 0. The van der Waals surface area contributed by atoms with Crippen molar-refractivity contribution in [3.63, 3.8) is 0 Å². The highest BCUT2D eigenvalue weighted by molar-refractivity contribution is 4.66. The van der Waals surface area contributed by atoms with E-state index in [4.69, 9.17) is 0 Å². The Labute approximate surface area is 62.1 Å². The third kappa shape index (κ3) is 4.37. The van der Waals surface area contributed by atoms with Gasteiger partial charge in [-0.15, -0.1) is 13.2 Å². The first-order chi connectivity index (χ1) is 5.17. The number of hydrogen-bond acceptors (Lipinski definition) is 1. The van der Waals surface area contributed by atoms with E-state index in [-0.39, 0.29) is 0 Å². The van der Waals surface area contributed by atoms with Crippen LogP contribution in [0.3, 0.4) is 0 Å². The summed E-state index contributed by atoms with van der Waals surface area (Å²) in [6.45, 7) is -2.26. The molecule has 1 atom stereocenters. The molecule has 0 aromatic heterocycles. The van der Waals surface area contributed by atoms with Crippen LogP contribution in [0.5, 0.6) is 0 Å². The molecule has 8 heteroatoms. The van der Waals surface area contributed by atoms with Crippen molar-refractivity contribution >= 4 is 0 Å². The minimum Gasteiger partial charge on any atom is -0.276 e. The fourth-order valence-electron chi connectivity index (χ4n) is 0.347. The van der Waals surface area contributed by atoms with Gasteiger partial charge in [0.2, 0.25) is 0 Å². The highest BCUT2D eigenvalue weighted by atomic mass is 19.4. The second-order valence-corrected chi connectivity index (χ2v) is 1.75. The Morgan fingerprint density at radius 1 is 1.00 bits per heavy atom. The Morgan fingerprint density at radius 2 is 1.42 bits per heavy atom. The van der Waals surface area contributed by atoms with Gasteiger partial charge < -0.3 is 0 Å². The second kappa shape index (κ2) is 3.46. The van der Waals surface area contributed by atoms with Crippen molar-refractivity contribution in [3.05, 3.63) is 0 Å². The molecule has 0 aliphatic carbocycles. The smallest absolute Gasteiger partial charge is 0.276 e. The van der Waals surface area contributed by atoms with Gasteiger partial charge >= 0.3 is 12.5 Å². The van der Waals surface area contributed by atoms with Gasteiger partial charge in [-0.25, -0.2) is 4.39 Å². The van der Waals surface area contributed by atoms with E-state index in [0.717, 1.165) is 0 Å². The molecule has 0 N–H and O–H groups in total. The molecule has 0 bridgehead atoms. The molecule has 1 unspecified atom stereocenters. The topological polar surface area (TPSA) is 9.23 Å². The maximum absolute atomic E-state index is 11.4. The van der Waals surface area contributed by atoms with E-state index in [9.17, 15) is 30.7 Å². The summed E-state index contributed by atoms with van der Waals surface area (Å²) in [6, 6.07) is 0. The van der Waals surface area contributed by atoms with Gasteiger partial charge in [0.1, 0.15) is 6.67 Å². The van der Waals surface area contributed by atoms with Crippen molar-refractivity contribution in [1.82, 2.24) is 0 Å². The van der Waals surface area contributed by atoms with Crippen LogP contribution in [0.15, 0.2) is 0 Å². The molecule has 0 aliphatic rings. The van der Waals surface area contributed by atoms with Crippen LogP contribution < -0.4 is 0 Å². The summed E-state index contributed by atoms with van der Waals surface area (Å²) in [5.41, 5.74) is 0. The Morgan fingerprint density at radius 3 is 1.50 bits per heavy atom. The van der Waals surface area contributed by atoms with E-state index in [1.807, 2.05) is 0 Å². The minimum atomic E-state index is -5.48. The summed E-state index contributed by atoms with van der Waals surface area (Å²) in [6.07, 6.45) is -14.3. The fraction of sp³-hybridized carbons (Fsp3) is 1.00. The zero-order valence-electron chi connectivity index (χ0n) is 5.34. The van der Waals surface area contributed by atoms with Crippen LogP contribution >= 0.6 is 0 Å². The van der Waals surface area contributed by atoms with E-state index in [0.29, 0.717) is 0 Å². The van der Waals surface area contributed by atoms with Crippen molar-refractivity contribution in [2.75, 3.05) is 6.67 Å². The number of hydrogen-bond donors (Lipinski definition) is 0. The van der Waals surface area contributed by atoms with Crippen LogP contribution in [0.25, 0.3) is 0 Å². The molecular weight excluding hydrogens is 197 g/mol. The molecule has 0 fully saturated rings. The minimum absolute atomic E-state index is 2.26. The first-order valence-corrected chi connectivity index (χ1v) is 2.54. The summed E-state index contributed by atoms with van der Waals surface area (Å²) in [5, 5.41) is 0. The Balaban J connectivity index is 4.20. The summed E-state index contributed by atoms with van der Waals surface area (Å²) in [7, 11) is 0. The molecule has 0 aromatic carbocycles. The van der Waals surface area contributed by atoms with Gasteiger partial charge in [0.05, 0.1) is 0 Å². The first kappa shape index (κ1) is 11.5. The van der Waals surface area contributed by atoms with Crippen LogP contribution in [-0.2, 0) is 4.74 Å². The zero-order chi connectivity index (χ0) is 9.99. The Bertz CT molecular complexity index is 135. The molecular formula is C4H3F7O. The van der Waals surface area contributed by atoms with Crippen molar-refractivity contribution in [2.24, 2.45) is 0 Å². The lowest BCUT2D eigenvalue weighted by atomic mass is 10.4. The van der Waals surface area contributed by atoms with Crippen LogP contribution in [0.2, 0.25) is 0 Å². The molecule has 12 heavy (non-hydrogen) atoms. The Kier molecular flexibility index (Phi) is 3.31. The zero-order valence-corrected chi connectivity index (χ0v) is 5.34. The highest BCUT2D eigenvalue weighted by Crippen LogP contribution is 2.29. The van der Waals surface area contributed by atoms with Gasteiger partial charge in [-0.1, -0.05) is 0 Å². The average Bonchev–Trinajstić information content (AvgIpc) is 1.78. The Hall–Kier alpha value is -0.530. The lowest BCUT2D eigenvalue weighted by molar-refractivity contribution is -0.380. The molecule has 0 heterocycles. The normalized spacial score (nSPS) is 16.2. The van der Waals surface area contributed by atoms with E-state index in [1.165, 1.54) is 0 Å². The van der Waals surface area contributed by atoms with E-state index in [2.05, 4.69) is 4.74 Å². The van der Waals surface area contributed by atoms with Crippen molar-refractivity contribution in [1.29, 1.82) is 0 Å². The predicted octanol–water partition coefficient (Wildman–Crippen LogP) is 2.42. The summed E-state index contributed by atoms with van der Waals surface area (Å²) >= 11 is 0. The van der Waals surface area contributed by atoms with Gasteiger partial charge in [0.25, 0.3) is 0 Å². The summed E-state index contributed by atoms with van der Waals surface area (Å²) < 4.78 is 81.3. The third-order valence-corrected chi connectivity index (χ3v) is 0.781. The second-order valence-electron chi connectivity index (χ2n) is 1.75. The first-order valence-electron chi connectivity index (χ1n) is 2.54. The van der Waals surface area contributed by atoms with E-state index < -0.39 is 25.3 Å². The van der Waals surface area contributed by atoms with Crippen LogP contribution in [0, 0.1) is 0 Å². The summed E-state index contributed by atoms with van der Waals surface area (Å²) in [4.78, 5) is 0. The molecule has 0 saturated heterocycles. The van der Waals surface area contributed by atoms with Crippen molar-refractivity contribution < 1.29 is 35.5 Å². The van der Waals surface area contributed by atoms with Gasteiger partial charge in [0.15, 0.2) is 6.10 Å². The lowest BCUT2D eigenvalue weighted by Gasteiger charge is -2.18. The molecule has 0 aromatic rings. The van der Waals surface area contributed by atoms with Crippen LogP contribution in [0.4, 0.5) is 30.7 Å². The maximum atomic E-state index is 11.4. The third-order valence-electron chi connectivity index (χ3n) is 0.781. The molecule has 0 radical (unpaired) electrons. The fourth-order valence-corrected chi connectivity index (χ4v) is 0.347. The number of ether oxygens (including phenoxy) is 1. The predicted molar refractivity (Wildman–Crippen MR) is 23.0 cm³/mol. The monoisotopic (exact) mass is 200 g/mol. The van der Waals surface area contributed by atoms with Gasteiger partial charge in [0, 0.05) is 0 Å². The molecule has 74 valence electrons. The quantitative estimate of drug-likeness (QED) is 0.622. The number of halogens is 7. The van der Waals surface area contributed by atoms with Gasteiger partial charge in [-0.3, -0.25) is 4.74 Å². The van der Waals surface area contributed by atoms with Gasteiger partial charge in [-0.05, 0) is 0 Å². The molecule has 0 rings (SSSR count). The highest BCUT2D eigenvalue weighted by Gasteiger charge is 2.47. The standard InChI is InChI=1S/C4H3F7O/c5-1-2(3(6,7)8)12-4(9,10)11/h2H,1H2. The molecule has 0 amide bonds. The molecule has 0 spiro atoms. The largest absolute Gasteiger partial charge is 0.523 e. The van der Waals surface area contributed by atoms with Crippen LogP contribution in [-0.4, -0.2) is 25.3 Å². The van der Waals surface area contributed by atoms with Crippen molar-refractivity contribution in [2.45, 2.75) is 18.6 Å². The van der Waals surface area contributed by atoms with Crippen LogP contribution in [0.1, 0.15) is 0 Å². The van der Waals surface area contributed by atoms with Gasteiger partial charge in [-0.2, -0.15) is 13.2 Å². The molecule has 0 aliphatic heterocycles. The number of rotatable bonds is 2. The average molecular weight is 200 g/mol. The molecule has 1 nitrogen and oxygen atoms in total. The molecule has 0 saturated carbocycles. The lowest BCUT2D eigenvalue weighted by Crippen LogP contribution is -2.38. The van der Waals surface area contributed by atoms with E-state index >= 15 is 0 Å². The van der Waals surface area contributed by atoms with Crippen molar-refractivity contribution in [3.8, 4) is 0 Å². The van der Waals surface area contributed by atoms with E-state index in [1.54, 1.807) is 0 Å². The number of alkyl halides is 7. The maximum Gasteiger partial charge on any atom is 0.523 e.